The number of thioether (sulfide) groups is 1. The predicted octanol–water partition coefficient (Wildman–Crippen LogP) is 4.94. The van der Waals surface area contributed by atoms with Crippen LogP contribution in [0, 0.1) is 11.6 Å². The van der Waals surface area contributed by atoms with E-state index in [0.717, 1.165) is 28.8 Å². The molecule has 2 aromatic rings. The second-order valence-corrected chi connectivity index (χ2v) is 6.57. The highest BCUT2D eigenvalue weighted by molar-refractivity contribution is 7.99. The van der Waals surface area contributed by atoms with Gasteiger partial charge in [-0.2, -0.15) is 0 Å². The van der Waals surface area contributed by atoms with Gasteiger partial charge in [-0.1, -0.05) is 17.7 Å². The molecule has 2 aromatic carbocycles. The highest BCUT2D eigenvalue weighted by Crippen LogP contribution is 2.37. The van der Waals surface area contributed by atoms with Crippen molar-refractivity contribution in [2.75, 3.05) is 5.75 Å². The van der Waals surface area contributed by atoms with E-state index in [0.29, 0.717) is 6.54 Å². The second kappa shape index (κ2) is 6.34. The predicted molar refractivity (Wildman–Crippen MR) is 82.7 cm³/mol. The number of rotatable bonds is 3. The molecule has 110 valence electrons. The van der Waals surface area contributed by atoms with Gasteiger partial charge in [0.25, 0.3) is 0 Å². The summed E-state index contributed by atoms with van der Waals surface area (Å²) < 4.78 is 26.1. The van der Waals surface area contributed by atoms with Crippen LogP contribution in [0.5, 0.6) is 0 Å². The maximum Gasteiger partial charge on any atom is 0.159 e. The van der Waals surface area contributed by atoms with Gasteiger partial charge in [-0.15, -0.1) is 11.8 Å². The molecule has 0 aliphatic carbocycles. The van der Waals surface area contributed by atoms with E-state index in [4.69, 9.17) is 11.6 Å². The third-order valence-corrected chi connectivity index (χ3v) is 4.91. The van der Waals surface area contributed by atoms with Crippen LogP contribution in [0.2, 0.25) is 5.02 Å². The Kier molecular flexibility index (Phi) is 4.48. The highest BCUT2D eigenvalue weighted by Gasteiger charge is 2.20. The van der Waals surface area contributed by atoms with Crippen LogP contribution in [0.4, 0.5) is 8.78 Å². The first kappa shape index (κ1) is 14.8. The zero-order valence-corrected chi connectivity index (χ0v) is 12.8. The third kappa shape index (κ3) is 3.39. The van der Waals surface area contributed by atoms with Crippen molar-refractivity contribution in [1.29, 1.82) is 0 Å². The fourth-order valence-electron chi connectivity index (χ4n) is 2.47. The first-order valence-electron chi connectivity index (χ1n) is 6.73. The molecule has 3 rings (SSSR count). The van der Waals surface area contributed by atoms with Crippen molar-refractivity contribution in [3.63, 3.8) is 0 Å². The van der Waals surface area contributed by atoms with Crippen molar-refractivity contribution < 1.29 is 8.78 Å². The Hall–Kier alpha value is -1.10. The lowest BCUT2D eigenvalue weighted by Gasteiger charge is -2.26. The fraction of sp³-hybridized carbons (Fsp3) is 0.250. The van der Waals surface area contributed by atoms with Gasteiger partial charge in [0.1, 0.15) is 0 Å². The van der Waals surface area contributed by atoms with Crippen molar-refractivity contribution >= 4 is 23.4 Å². The number of hydrogen-bond acceptors (Lipinski definition) is 2. The normalized spacial score (nSPS) is 17.6. The van der Waals surface area contributed by atoms with E-state index in [9.17, 15) is 8.78 Å². The standard InChI is InChI=1S/C16H14ClF2NS/c17-11-2-4-16-12(8-11)15(5-6-21-16)20-9-10-1-3-13(18)14(19)7-10/h1-4,7-8,15,20H,5-6,9H2. The molecule has 0 fully saturated rings. The van der Waals surface area contributed by atoms with Crippen LogP contribution in [0.25, 0.3) is 0 Å². The molecule has 1 nitrogen and oxygen atoms in total. The van der Waals surface area contributed by atoms with Crippen molar-refractivity contribution in [3.05, 3.63) is 64.2 Å². The summed E-state index contributed by atoms with van der Waals surface area (Å²) in [5, 5.41) is 4.13. The first-order valence-corrected chi connectivity index (χ1v) is 8.09. The zero-order chi connectivity index (χ0) is 14.8. The Morgan fingerprint density at radius 2 is 2.00 bits per heavy atom. The molecule has 1 N–H and O–H groups in total. The average Bonchev–Trinajstić information content (AvgIpc) is 2.48. The maximum absolute atomic E-state index is 13.2. The zero-order valence-electron chi connectivity index (χ0n) is 11.2. The molecule has 0 saturated heterocycles. The van der Waals surface area contributed by atoms with Crippen LogP contribution in [-0.2, 0) is 6.54 Å². The van der Waals surface area contributed by atoms with Crippen molar-refractivity contribution in [1.82, 2.24) is 5.32 Å². The van der Waals surface area contributed by atoms with E-state index in [-0.39, 0.29) is 6.04 Å². The quantitative estimate of drug-likeness (QED) is 0.857. The molecule has 5 heteroatoms. The average molecular weight is 326 g/mol. The Labute approximate surface area is 131 Å². The number of benzene rings is 2. The van der Waals surface area contributed by atoms with Gasteiger partial charge in [0.05, 0.1) is 0 Å². The van der Waals surface area contributed by atoms with Crippen molar-refractivity contribution in [2.45, 2.75) is 23.9 Å². The lowest BCUT2D eigenvalue weighted by Crippen LogP contribution is -2.24. The van der Waals surface area contributed by atoms with E-state index in [1.807, 2.05) is 30.0 Å². The van der Waals surface area contributed by atoms with Crippen LogP contribution < -0.4 is 5.32 Å². The van der Waals surface area contributed by atoms with E-state index in [1.54, 1.807) is 6.07 Å². The minimum Gasteiger partial charge on any atom is -0.306 e. The van der Waals surface area contributed by atoms with E-state index >= 15 is 0 Å². The summed E-state index contributed by atoms with van der Waals surface area (Å²) in [7, 11) is 0. The summed E-state index contributed by atoms with van der Waals surface area (Å²) in [6.07, 6.45) is 0.988. The molecule has 0 aromatic heterocycles. The molecule has 1 heterocycles. The number of halogens is 3. The monoisotopic (exact) mass is 325 g/mol. The van der Waals surface area contributed by atoms with Gasteiger partial charge in [0.2, 0.25) is 0 Å². The highest BCUT2D eigenvalue weighted by atomic mass is 35.5. The molecule has 0 bridgehead atoms. The Bertz CT molecular complexity index is 663. The molecular formula is C16H14ClF2NS. The first-order chi connectivity index (χ1) is 10.1. The molecule has 0 radical (unpaired) electrons. The third-order valence-electron chi connectivity index (χ3n) is 3.55. The Morgan fingerprint density at radius 1 is 1.14 bits per heavy atom. The summed E-state index contributed by atoms with van der Waals surface area (Å²) in [6.45, 7) is 0.498. The van der Waals surface area contributed by atoms with Gasteiger partial charge < -0.3 is 5.32 Å². The Morgan fingerprint density at radius 3 is 2.81 bits per heavy atom. The molecule has 0 spiro atoms. The van der Waals surface area contributed by atoms with E-state index < -0.39 is 11.6 Å². The van der Waals surface area contributed by atoms with Crippen LogP contribution >= 0.6 is 23.4 Å². The molecule has 1 unspecified atom stereocenters. The summed E-state index contributed by atoms with van der Waals surface area (Å²) in [6, 6.07) is 10.1. The van der Waals surface area contributed by atoms with Gasteiger partial charge in [-0.05, 0) is 53.6 Å². The molecule has 0 amide bonds. The molecule has 1 aliphatic rings. The fourth-order valence-corrected chi connectivity index (χ4v) is 3.75. The maximum atomic E-state index is 13.2. The topological polar surface area (TPSA) is 12.0 Å². The van der Waals surface area contributed by atoms with Crippen LogP contribution in [0.1, 0.15) is 23.6 Å². The van der Waals surface area contributed by atoms with Crippen LogP contribution in [0.3, 0.4) is 0 Å². The van der Waals surface area contributed by atoms with Crippen LogP contribution in [0.15, 0.2) is 41.3 Å². The van der Waals surface area contributed by atoms with Crippen molar-refractivity contribution in [2.24, 2.45) is 0 Å². The smallest absolute Gasteiger partial charge is 0.159 e. The lowest BCUT2D eigenvalue weighted by molar-refractivity contribution is 0.494. The number of nitrogens with one attached hydrogen (secondary N) is 1. The minimum atomic E-state index is -0.815. The van der Waals surface area contributed by atoms with Gasteiger partial charge in [0.15, 0.2) is 11.6 Å². The van der Waals surface area contributed by atoms with Gasteiger partial charge in [0, 0.05) is 22.5 Å². The minimum absolute atomic E-state index is 0.188. The molecule has 1 aliphatic heterocycles. The SMILES string of the molecule is Fc1ccc(CNC2CCSc3ccc(Cl)cc32)cc1F. The largest absolute Gasteiger partial charge is 0.306 e. The van der Waals surface area contributed by atoms with Crippen LogP contribution in [-0.4, -0.2) is 5.75 Å². The summed E-state index contributed by atoms with van der Waals surface area (Å²) in [5.41, 5.74) is 1.91. The molecule has 1 atom stereocenters. The van der Waals surface area contributed by atoms with E-state index in [1.165, 1.54) is 16.5 Å². The van der Waals surface area contributed by atoms with Gasteiger partial charge >= 0.3 is 0 Å². The lowest BCUT2D eigenvalue weighted by atomic mass is 10.0. The second-order valence-electron chi connectivity index (χ2n) is 5.00. The molecule has 0 saturated carbocycles. The molecule has 21 heavy (non-hydrogen) atoms. The number of hydrogen-bond donors (Lipinski definition) is 1. The van der Waals surface area contributed by atoms with Gasteiger partial charge in [-0.3, -0.25) is 0 Å². The van der Waals surface area contributed by atoms with Crippen molar-refractivity contribution in [3.8, 4) is 0 Å². The number of fused-ring (bicyclic) bond motifs is 1. The summed E-state index contributed by atoms with van der Waals surface area (Å²) >= 11 is 7.89. The van der Waals surface area contributed by atoms with Gasteiger partial charge in [-0.25, -0.2) is 8.78 Å². The Balaban J connectivity index is 1.74. The summed E-state index contributed by atoms with van der Waals surface area (Å²) in [5.74, 6) is -0.591. The van der Waals surface area contributed by atoms with E-state index in [2.05, 4.69) is 5.32 Å². The summed E-state index contributed by atoms with van der Waals surface area (Å²) in [4.78, 5) is 1.23. The molecular weight excluding hydrogens is 312 g/mol.